The van der Waals surface area contributed by atoms with E-state index in [4.69, 9.17) is 34.8 Å². The summed E-state index contributed by atoms with van der Waals surface area (Å²) in [5.41, 5.74) is 13.2. The fraction of sp³-hybridized carbons (Fsp3) is 0.811. The van der Waals surface area contributed by atoms with Crippen molar-refractivity contribution in [2.75, 3.05) is 6.61 Å². The summed E-state index contributed by atoms with van der Waals surface area (Å²) in [5, 5.41) is 0. The number of furan rings is 1. The Hall–Kier alpha value is -2.43. The molecule has 8 atom stereocenters. The van der Waals surface area contributed by atoms with Gasteiger partial charge in [-0.15, -0.1) is 0 Å². The quantitative estimate of drug-likeness (QED) is 0.225. The molecule has 1 saturated carbocycles. The summed E-state index contributed by atoms with van der Waals surface area (Å²) in [4.78, 5) is 38.7. The second kappa shape index (κ2) is 17.8. The molecule has 1 aliphatic carbocycles. The van der Waals surface area contributed by atoms with Gasteiger partial charge in [-0.3, -0.25) is 14.4 Å². The molecule has 0 amide bonds. The molecule has 10 nitrogen and oxygen atoms in total. The second-order valence-corrected chi connectivity index (χ2v) is 15.2. The van der Waals surface area contributed by atoms with Crippen LogP contribution in [-0.4, -0.2) is 61.0 Å². The van der Waals surface area contributed by atoms with Gasteiger partial charge in [0.05, 0.1) is 18.3 Å². The first-order valence-electron chi connectivity index (χ1n) is 18.2. The van der Waals surface area contributed by atoms with Crippen molar-refractivity contribution in [3.05, 3.63) is 23.7 Å². The molecule has 47 heavy (non-hydrogen) atoms. The number of hydrogen-bond donors (Lipinski definition) is 2. The largest absolute Gasteiger partial charge is 0.469 e. The van der Waals surface area contributed by atoms with Crippen LogP contribution < -0.4 is 11.5 Å². The Morgan fingerprint density at radius 2 is 1.49 bits per heavy atom. The average molecular weight is 661 g/mol. The maximum atomic E-state index is 13.1. The smallest absolute Gasteiger partial charge is 0.323 e. The highest BCUT2D eigenvalue weighted by atomic mass is 16.6. The second-order valence-electron chi connectivity index (χ2n) is 15.2. The molecule has 3 heterocycles. The monoisotopic (exact) mass is 660 g/mol. The van der Waals surface area contributed by atoms with Gasteiger partial charge in [0.25, 0.3) is 0 Å². The summed E-state index contributed by atoms with van der Waals surface area (Å²) >= 11 is 0. The Kier molecular flexibility index (Phi) is 14.2. The maximum absolute atomic E-state index is 13.1. The van der Waals surface area contributed by atoms with Gasteiger partial charge in [-0.2, -0.15) is 0 Å². The topological polar surface area (TPSA) is 153 Å². The molecule has 3 aliphatic rings. The van der Waals surface area contributed by atoms with Crippen molar-refractivity contribution in [3.63, 3.8) is 0 Å². The molecule has 1 aromatic heterocycles. The zero-order valence-corrected chi connectivity index (χ0v) is 29.3. The Labute approximate surface area is 281 Å². The predicted molar refractivity (Wildman–Crippen MR) is 178 cm³/mol. The summed E-state index contributed by atoms with van der Waals surface area (Å²) in [6.07, 6.45) is 10.7. The zero-order chi connectivity index (χ0) is 34.1. The molecule has 0 spiro atoms. The van der Waals surface area contributed by atoms with Crippen LogP contribution in [-0.2, 0) is 46.2 Å². The predicted octanol–water partition coefficient (Wildman–Crippen LogP) is 5.65. The molecule has 0 bridgehead atoms. The lowest BCUT2D eigenvalue weighted by atomic mass is 9.82. The van der Waals surface area contributed by atoms with E-state index < -0.39 is 36.4 Å². The molecular weight excluding hydrogens is 600 g/mol. The van der Waals surface area contributed by atoms with Gasteiger partial charge in [-0.1, -0.05) is 66.2 Å². The molecule has 2 saturated heterocycles. The number of carbonyl (C=O) groups is 3. The van der Waals surface area contributed by atoms with Crippen LogP contribution in [0.15, 0.2) is 16.7 Å². The van der Waals surface area contributed by atoms with Crippen LogP contribution in [0, 0.1) is 29.6 Å². The van der Waals surface area contributed by atoms with E-state index >= 15 is 0 Å². The number of ether oxygens (including phenoxy) is 4. The van der Waals surface area contributed by atoms with E-state index in [0.717, 1.165) is 43.4 Å². The fourth-order valence-corrected chi connectivity index (χ4v) is 7.54. The van der Waals surface area contributed by atoms with Gasteiger partial charge < -0.3 is 34.8 Å². The van der Waals surface area contributed by atoms with Gasteiger partial charge in [-0.05, 0) is 74.3 Å². The summed E-state index contributed by atoms with van der Waals surface area (Å²) < 4.78 is 30.6. The standard InChI is InChI=1S/C37H60N2O8/c1-22(2)20-44-33-24(5)45-36(41)30(38)14-9-13-28(33)19-29-17-26(21-43-29)18-32-34(47-35(40)23(3)4)27(16-25-10-6-7-11-25)12-8-15-31(39)37(42)46-32/h17,21-25,27-28,30-34H,6-16,18-20,38-39H2,1-5H3. The van der Waals surface area contributed by atoms with Crippen molar-refractivity contribution in [1.29, 1.82) is 0 Å². The van der Waals surface area contributed by atoms with E-state index in [9.17, 15) is 14.4 Å². The first-order chi connectivity index (χ1) is 22.4. The minimum absolute atomic E-state index is 0.0390. The Balaban J connectivity index is 1.57. The van der Waals surface area contributed by atoms with Crippen LogP contribution in [0.3, 0.4) is 0 Å². The lowest BCUT2D eigenvalue weighted by Gasteiger charge is -2.34. The highest BCUT2D eigenvalue weighted by Gasteiger charge is 2.40. The molecule has 2 aliphatic heterocycles. The number of rotatable bonds is 11. The van der Waals surface area contributed by atoms with Crippen molar-refractivity contribution in [2.45, 2.75) is 155 Å². The third kappa shape index (κ3) is 11.0. The Morgan fingerprint density at radius 3 is 2.13 bits per heavy atom. The van der Waals surface area contributed by atoms with Crippen LogP contribution in [0.2, 0.25) is 0 Å². The van der Waals surface area contributed by atoms with Gasteiger partial charge in [-0.25, -0.2) is 0 Å². The van der Waals surface area contributed by atoms with Crippen LogP contribution in [0.25, 0.3) is 0 Å². The van der Waals surface area contributed by atoms with Crippen molar-refractivity contribution < 1.29 is 37.7 Å². The molecule has 266 valence electrons. The zero-order valence-electron chi connectivity index (χ0n) is 29.3. The summed E-state index contributed by atoms with van der Waals surface area (Å²) in [7, 11) is 0. The molecular formula is C37H60N2O8. The number of cyclic esters (lactones) is 2. The fourth-order valence-electron chi connectivity index (χ4n) is 7.54. The van der Waals surface area contributed by atoms with Gasteiger partial charge in [0.2, 0.25) is 0 Å². The number of carbonyl (C=O) groups excluding carboxylic acids is 3. The SMILES string of the molecule is CC(C)COC1C(Cc2cc(CC3OC(=O)C(N)CCCC(CC4CCCC4)C3OC(=O)C(C)C)co2)CCCC(N)C(=O)OC1C. The highest BCUT2D eigenvalue weighted by molar-refractivity contribution is 5.76. The third-order valence-electron chi connectivity index (χ3n) is 10.2. The van der Waals surface area contributed by atoms with Crippen LogP contribution in [0.5, 0.6) is 0 Å². The number of esters is 3. The van der Waals surface area contributed by atoms with E-state index in [1.807, 2.05) is 26.8 Å². The normalized spacial score (nSPS) is 31.7. The summed E-state index contributed by atoms with van der Waals surface area (Å²) in [6, 6.07) is 0.651. The molecule has 8 unspecified atom stereocenters. The molecule has 10 heteroatoms. The van der Waals surface area contributed by atoms with Gasteiger partial charge in [0.1, 0.15) is 36.2 Å². The lowest BCUT2D eigenvalue weighted by Crippen LogP contribution is -2.44. The lowest BCUT2D eigenvalue weighted by molar-refractivity contribution is -0.175. The first-order valence-corrected chi connectivity index (χ1v) is 18.2. The van der Waals surface area contributed by atoms with Crippen LogP contribution in [0.4, 0.5) is 0 Å². The molecule has 3 fully saturated rings. The van der Waals surface area contributed by atoms with E-state index in [-0.39, 0.29) is 35.8 Å². The minimum atomic E-state index is -0.709. The van der Waals surface area contributed by atoms with Gasteiger partial charge in [0, 0.05) is 19.4 Å². The Bertz CT molecular complexity index is 1150. The molecule has 0 radical (unpaired) electrons. The highest BCUT2D eigenvalue weighted by Crippen LogP contribution is 2.37. The van der Waals surface area contributed by atoms with E-state index in [2.05, 4.69) is 13.8 Å². The summed E-state index contributed by atoms with van der Waals surface area (Å²) in [5.74, 6) is 0.359. The molecule has 4 rings (SSSR count). The van der Waals surface area contributed by atoms with E-state index in [1.54, 1.807) is 6.26 Å². The van der Waals surface area contributed by atoms with E-state index in [1.165, 1.54) is 25.7 Å². The van der Waals surface area contributed by atoms with Crippen molar-refractivity contribution >= 4 is 17.9 Å². The molecule has 0 aromatic carbocycles. The van der Waals surface area contributed by atoms with Crippen molar-refractivity contribution in [2.24, 2.45) is 41.1 Å². The molecule has 1 aromatic rings. The van der Waals surface area contributed by atoms with Gasteiger partial charge in [0.15, 0.2) is 0 Å². The van der Waals surface area contributed by atoms with Crippen LogP contribution >= 0.6 is 0 Å². The Morgan fingerprint density at radius 1 is 0.851 bits per heavy atom. The summed E-state index contributed by atoms with van der Waals surface area (Å²) in [6.45, 7) is 10.3. The van der Waals surface area contributed by atoms with Gasteiger partial charge >= 0.3 is 17.9 Å². The average Bonchev–Trinajstić information content (AvgIpc) is 3.70. The van der Waals surface area contributed by atoms with Crippen molar-refractivity contribution in [3.8, 4) is 0 Å². The van der Waals surface area contributed by atoms with Crippen molar-refractivity contribution in [1.82, 2.24) is 0 Å². The minimum Gasteiger partial charge on any atom is -0.469 e. The van der Waals surface area contributed by atoms with E-state index in [0.29, 0.717) is 44.1 Å². The maximum Gasteiger partial charge on any atom is 0.323 e. The third-order valence-corrected chi connectivity index (χ3v) is 10.2. The first kappa shape index (κ1) is 37.4. The number of hydrogen-bond acceptors (Lipinski definition) is 10. The van der Waals surface area contributed by atoms with Crippen LogP contribution in [0.1, 0.15) is 117 Å². The number of nitrogens with two attached hydrogens (primary N) is 2. The molecule has 4 N–H and O–H groups in total.